The summed E-state index contributed by atoms with van der Waals surface area (Å²) in [6.45, 7) is 0.231. The van der Waals surface area contributed by atoms with Crippen molar-refractivity contribution in [2.45, 2.75) is 6.61 Å². The number of carbonyl (C=O) groups is 2. The third-order valence-corrected chi connectivity index (χ3v) is 4.98. The molecule has 4 N–H and O–H groups in total. The van der Waals surface area contributed by atoms with Crippen molar-refractivity contribution in [3.63, 3.8) is 0 Å². The molecule has 3 aromatic carbocycles. The highest BCUT2D eigenvalue weighted by Gasteiger charge is 2.10. The van der Waals surface area contributed by atoms with E-state index < -0.39 is 5.91 Å². The summed E-state index contributed by atoms with van der Waals surface area (Å²) < 4.78 is 5.73. The molecule has 2 amide bonds. The Morgan fingerprint density at radius 2 is 1.67 bits per heavy atom. The Kier molecular flexibility index (Phi) is 6.82. The first-order valence-electron chi connectivity index (χ1n) is 9.82. The summed E-state index contributed by atoms with van der Waals surface area (Å²) in [5.41, 5.74) is 7.41. The summed E-state index contributed by atoms with van der Waals surface area (Å²) in [6, 6.07) is 20.6. The van der Waals surface area contributed by atoms with E-state index in [-0.39, 0.29) is 17.6 Å². The fraction of sp³-hybridized carbons (Fsp3) is 0.0435. The second-order valence-electron chi connectivity index (χ2n) is 6.89. The fourth-order valence-corrected chi connectivity index (χ4v) is 3.25. The lowest BCUT2D eigenvalue weighted by Gasteiger charge is -2.11. The van der Waals surface area contributed by atoms with Crippen LogP contribution in [0.2, 0.25) is 5.02 Å². The summed E-state index contributed by atoms with van der Waals surface area (Å²) in [5, 5.41) is 3.09. The van der Waals surface area contributed by atoms with Crippen LogP contribution in [0.1, 0.15) is 26.5 Å². The molecule has 0 radical (unpaired) electrons. The first-order valence-corrected chi connectivity index (χ1v) is 10.6. The van der Waals surface area contributed by atoms with Crippen molar-refractivity contribution in [1.82, 2.24) is 26.1 Å². The summed E-state index contributed by atoms with van der Waals surface area (Å²) in [6.07, 6.45) is 0. The zero-order valence-electron chi connectivity index (χ0n) is 17.1. The van der Waals surface area contributed by atoms with Gasteiger partial charge in [-0.05, 0) is 66.8 Å². The van der Waals surface area contributed by atoms with Crippen LogP contribution in [0.5, 0.6) is 5.75 Å². The predicted molar refractivity (Wildman–Crippen MR) is 129 cm³/mol. The topological polar surface area (TPSA) is 108 Å². The number of amides is 2. The number of halogens is 1. The Morgan fingerprint density at radius 3 is 2.42 bits per heavy atom. The van der Waals surface area contributed by atoms with Gasteiger partial charge in [0.25, 0.3) is 11.8 Å². The van der Waals surface area contributed by atoms with E-state index in [9.17, 15) is 9.59 Å². The lowest BCUT2D eigenvalue weighted by Crippen LogP contribution is -2.48. The number of aromatic amines is 1. The van der Waals surface area contributed by atoms with Gasteiger partial charge in [-0.15, -0.1) is 0 Å². The van der Waals surface area contributed by atoms with Gasteiger partial charge in [-0.25, -0.2) is 4.98 Å². The number of nitrogens with one attached hydrogen (secondary N) is 4. The van der Waals surface area contributed by atoms with E-state index >= 15 is 0 Å². The average Bonchev–Trinajstić information content (AvgIpc) is 3.24. The van der Waals surface area contributed by atoms with Crippen molar-refractivity contribution < 1.29 is 14.3 Å². The Labute approximate surface area is 199 Å². The molecule has 0 bridgehead atoms. The van der Waals surface area contributed by atoms with Gasteiger partial charge in [0.2, 0.25) is 0 Å². The van der Waals surface area contributed by atoms with Gasteiger partial charge in [0.1, 0.15) is 18.2 Å². The number of nitrogens with zero attached hydrogens (tertiary/aromatic N) is 1. The van der Waals surface area contributed by atoms with E-state index in [4.69, 9.17) is 28.6 Å². The van der Waals surface area contributed by atoms with Gasteiger partial charge in [0, 0.05) is 16.1 Å². The van der Waals surface area contributed by atoms with Gasteiger partial charge in [-0.3, -0.25) is 25.8 Å². The Balaban J connectivity index is 1.26. The molecule has 0 saturated carbocycles. The number of ether oxygens (including phenoxy) is 1. The minimum absolute atomic E-state index is 0.0238. The SMILES string of the molecule is O=C(NNC(=S)NC(=O)c1ccccc1)c1ccc(OCc2nc3ccc(Cl)cc3[nH]2)cc1. The number of carbonyl (C=O) groups excluding carboxylic acids is 2. The second kappa shape index (κ2) is 10.1. The molecule has 0 aliphatic rings. The molecule has 0 aliphatic carbocycles. The number of hydrazine groups is 1. The lowest BCUT2D eigenvalue weighted by atomic mass is 10.2. The molecule has 10 heteroatoms. The molecule has 4 rings (SSSR count). The van der Waals surface area contributed by atoms with Crippen molar-refractivity contribution in [2.24, 2.45) is 0 Å². The van der Waals surface area contributed by atoms with Gasteiger partial charge in [0.15, 0.2) is 5.11 Å². The lowest BCUT2D eigenvalue weighted by molar-refractivity contribution is 0.0934. The number of thiocarbonyl (C=S) groups is 1. The molecule has 0 atom stereocenters. The van der Waals surface area contributed by atoms with Crippen LogP contribution in [-0.4, -0.2) is 26.9 Å². The standard InChI is InChI=1S/C23H18ClN5O3S/c24-16-8-11-18-19(12-16)26-20(25-18)13-32-17-9-6-15(7-10-17)22(31)28-29-23(33)27-21(30)14-4-2-1-3-5-14/h1-12H,13H2,(H,25,26)(H,28,31)(H2,27,29,30,33). The number of hydrogen-bond donors (Lipinski definition) is 4. The molecule has 33 heavy (non-hydrogen) atoms. The largest absolute Gasteiger partial charge is 0.486 e. The molecule has 4 aromatic rings. The number of rotatable bonds is 5. The molecule has 0 saturated heterocycles. The van der Waals surface area contributed by atoms with Gasteiger partial charge >= 0.3 is 0 Å². The molecular weight excluding hydrogens is 462 g/mol. The van der Waals surface area contributed by atoms with Crippen molar-refractivity contribution in [3.05, 3.63) is 94.8 Å². The van der Waals surface area contributed by atoms with Crippen molar-refractivity contribution >= 4 is 51.8 Å². The van der Waals surface area contributed by atoms with Crippen LogP contribution in [0.3, 0.4) is 0 Å². The number of fused-ring (bicyclic) bond motifs is 1. The fourth-order valence-electron chi connectivity index (χ4n) is 2.94. The van der Waals surface area contributed by atoms with Gasteiger partial charge in [-0.2, -0.15) is 0 Å². The van der Waals surface area contributed by atoms with Crippen LogP contribution in [0.25, 0.3) is 11.0 Å². The molecule has 166 valence electrons. The van der Waals surface area contributed by atoms with Gasteiger partial charge in [0.05, 0.1) is 11.0 Å². The first kappa shape index (κ1) is 22.3. The third-order valence-electron chi connectivity index (χ3n) is 4.54. The van der Waals surface area contributed by atoms with Gasteiger partial charge in [-0.1, -0.05) is 29.8 Å². The van der Waals surface area contributed by atoms with Crippen LogP contribution in [0, 0.1) is 0 Å². The summed E-state index contributed by atoms with van der Waals surface area (Å²) in [4.78, 5) is 32.0. The minimum atomic E-state index is -0.424. The molecule has 8 nitrogen and oxygen atoms in total. The Bertz CT molecular complexity index is 1310. The monoisotopic (exact) mass is 479 g/mol. The van der Waals surface area contributed by atoms with E-state index in [0.29, 0.717) is 27.7 Å². The van der Waals surface area contributed by atoms with Crippen LogP contribution < -0.4 is 20.9 Å². The first-order chi connectivity index (χ1) is 16.0. The number of benzene rings is 3. The quantitative estimate of drug-likeness (QED) is 0.256. The number of H-pyrrole nitrogens is 1. The number of imidazole rings is 1. The second-order valence-corrected chi connectivity index (χ2v) is 7.73. The predicted octanol–water partition coefficient (Wildman–Crippen LogP) is 3.74. The molecule has 0 spiro atoms. The van der Waals surface area contributed by atoms with Crippen LogP contribution >= 0.6 is 23.8 Å². The summed E-state index contributed by atoms with van der Waals surface area (Å²) in [7, 11) is 0. The summed E-state index contributed by atoms with van der Waals surface area (Å²) in [5.74, 6) is 0.427. The van der Waals surface area contributed by atoms with Crippen molar-refractivity contribution in [2.75, 3.05) is 0 Å². The van der Waals surface area contributed by atoms with E-state index in [1.807, 2.05) is 6.07 Å². The van der Waals surface area contributed by atoms with Crippen LogP contribution in [0.4, 0.5) is 0 Å². The highest BCUT2D eigenvalue weighted by atomic mass is 35.5. The molecular formula is C23H18ClN5O3S. The van der Waals surface area contributed by atoms with Crippen LogP contribution in [0.15, 0.2) is 72.8 Å². The van der Waals surface area contributed by atoms with E-state index in [1.54, 1.807) is 66.7 Å². The molecule has 0 aliphatic heterocycles. The molecule has 1 aromatic heterocycles. The molecule has 0 unspecified atom stereocenters. The highest BCUT2D eigenvalue weighted by Crippen LogP contribution is 2.18. The average molecular weight is 480 g/mol. The summed E-state index contributed by atoms with van der Waals surface area (Å²) >= 11 is 11.0. The minimum Gasteiger partial charge on any atom is -0.486 e. The van der Waals surface area contributed by atoms with E-state index in [2.05, 4.69) is 26.1 Å². The van der Waals surface area contributed by atoms with Crippen molar-refractivity contribution in [1.29, 1.82) is 0 Å². The smallest absolute Gasteiger partial charge is 0.269 e. The normalized spacial score (nSPS) is 10.5. The Hall–Kier alpha value is -3.95. The maximum atomic E-state index is 12.3. The zero-order valence-corrected chi connectivity index (χ0v) is 18.7. The number of aromatic nitrogens is 2. The highest BCUT2D eigenvalue weighted by molar-refractivity contribution is 7.80. The van der Waals surface area contributed by atoms with Crippen LogP contribution in [-0.2, 0) is 6.61 Å². The van der Waals surface area contributed by atoms with Crippen molar-refractivity contribution in [3.8, 4) is 5.75 Å². The Morgan fingerprint density at radius 1 is 0.939 bits per heavy atom. The third kappa shape index (κ3) is 5.85. The zero-order chi connectivity index (χ0) is 23.2. The van der Waals surface area contributed by atoms with E-state index in [0.717, 1.165) is 11.0 Å². The molecule has 1 heterocycles. The maximum absolute atomic E-state index is 12.3. The maximum Gasteiger partial charge on any atom is 0.269 e. The van der Waals surface area contributed by atoms with E-state index in [1.165, 1.54) is 0 Å². The molecule has 0 fully saturated rings. The van der Waals surface area contributed by atoms with Gasteiger partial charge < -0.3 is 9.72 Å². The number of hydrogen-bond acceptors (Lipinski definition) is 5.